The molecule has 2 amide bonds. The summed E-state index contributed by atoms with van der Waals surface area (Å²) in [5, 5.41) is 5.69. The van der Waals surface area contributed by atoms with E-state index in [1.54, 1.807) is 24.4 Å². The van der Waals surface area contributed by atoms with E-state index in [2.05, 4.69) is 15.6 Å². The molecule has 2 N–H and O–H groups in total. The van der Waals surface area contributed by atoms with Crippen molar-refractivity contribution in [2.24, 2.45) is 0 Å². The van der Waals surface area contributed by atoms with Crippen molar-refractivity contribution in [1.82, 2.24) is 10.3 Å². The molecule has 0 unspecified atom stereocenters. The van der Waals surface area contributed by atoms with Crippen molar-refractivity contribution in [3.63, 3.8) is 0 Å². The van der Waals surface area contributed by atoms with Crippen LogP contribution < -0.4 is 10.6 Å². The van der Waals surface area contributed by atoms with Crippen molar-refractivity contribution in [2.45, 2.75) is 13.5 Å². The number of amides is 2. The molecule has 0 saturated heterocycles. The fourth-order valence-electron chi connectivity index (χ4n) is 2.66. The molecule has 0 fully saturated rings. The van der Waals surface area contributed by atoms with Gasteiger partial charge in [0.2, 0.25) is 5.91 Å². The molecule has 0 aliphatic rings. The van der Waals surface area contributed by atoms with Gasteiger partial charge in [-0.1, -0.05) is 36.4 Å². The second-order valence-electron chi connectivity index (χ2n) is 6.30. The van der Waals surface area contributed by atoms with E-state index in [0.29, 0.717) is 17.8 Å². The highest BCUT2D eigenvalue weighted by molar-refractivity contribution is 6.02. The fourth-order valence-corrected chi connectivity index (χ4v) is 2.66. The largest absolute Gasteiger partial charge is 0.348 e. The number of carbonyl (C=O) groups excluding carboxylic acids is 2. The molecule has 1 aromatic heterocycles. The van der Waals surface area contributed by atoms with E-state index in [4.69, 9.17) is 0 Å². The van der Waals surface area contributed by atoms with Crippen molar-refractivity contribution in [3.05, 3.63) is 101 Å². The number of rotatable bonds is 6. The lowest BCUT2D eigenvalue weighted by Crippen LogP contribution is -2.22. The first kappa shape index (κ1) is 19.0. The van der Waals surface area contributed by atoms with Crippen LogP contribution in [0.2, 0.25) is 0 Å². The van der Waals surface area contributed by atoms with Crippen molar-refractivity contribution in [1.29, 1.82) is 0 Å². The van der Waals surface area contributed by atoms with Gasteiger partial charge < -0.3 is 10.6 Å². The van der Waals surface area contributed by atoms with Gasteiger partial charge in [0.05, 0.1) is 5.56 Å². The summed E-state index contributed by atoms with van der Waals surface area (Å²) in [5.74, 6) is -0.400. The van der Waals surface area contributed by atoms with Gasteiger partial charge in [-0.3, -0.25) is 14.6 Å². The Morgan fingerprint density at radius 1 is 1.04 bits per heavy atom. The average molecular weight is 371 g/mol. The van der Waals surface area contributed by atoms with Crippen LogP contribution >= 0.6 is 0 Å². The standard InChI is InChI=1S/C23H21N3O2/c1-17-6-2-3-8-19(17)11-12-22(27)26-21-10-4-7-18(14-21)15-25-23(28)20-9-5-13-24-16-20/h2-14,16H,15H2,1H3,(H,25,28)(H,26,27)/b12-11+. The van der Waals surface area contributed by atoms with Crippen LogP contribution in [0.25, 0.3) is 6.08 Å². The third kappa shape index (κ3) is 5.38. The minimum atomic E-state index is -0.209. The predicted molar refractivity (Wildman–Crippen MR) is 111 cm³/mol. The first-order chi connectivity index (χ1) is 13.6. The Morgan fingerprint density at radius 3 is 2.68 bits per heavy atom. The van der Waals surface area contributed by atoms with Crippen LogP contribution in [-0.4, -0.2) is 16.8 Å². The number of carbonyl (C=O) groups is 2. The van der Waals surface area contributed by atoms with E-state index in [-0.39, 0.29) is 11.8 Å². The molecule has 5 nitrogen and oxygen atoms in total. The summed E-state index contributed by atoms with van der Waals surface area (Å²) in [6.07, 6.45) is 6.45. The highest BCUT2D eigenvalue weighted by atomic mass is 16.2. The first-order valence-electron chi connectivity index (χ1n) is 8.94. The molecule has 0 bridgehead atoms. The lowest BCUT2D eigenvalue weighted by Gasteiger charge is -2.08. The average Bonchev–Trinajstić information content (AvgIpc) is 2.72. The minimum Gasteiger partial charge on any atom is -0.348 e. The summed E-state index contributed by atoms with van der Waals surface area (Å²) in [7, 11) is 0. The van der Waals surface area contributed by atoms with E-state index >= 15 is 0 Å². The van der Waals surface area contributed by atoms with Crippen molar-refractivity contribution in [2.75, 3.05) is 5.32 Å². The lowest BCUT2D eigenvalue weighted by molar-refractivity contribution is -0.111. The van der Waals surface area contributed by atoms with Crippen molar-refractivity contribution >= 4 is 23.6 Å². The predicted octanol–water partition coefficient (Wildman–Crippen LogP) is 3.97. The van der Waals surface area contributed by atoms with Gasteiger partial charge in [-0.25, -0.2) is 0 Å². The molecule has 3 aromatic rings. The molecule has 0 saturated carbocycles. The van der Waals surface area contributed by atoms with Crippen LogP contribution in [0.15, 0.2) is 79.1 Å². The van der Waals surface area contributed by atoms with Crippen LogP contribution in [0.3, 0.4) is 0 Å². The van der Waals surface area contributed by atoms with E-state index in [1.165, 1.54) is 12.3 Å². The fraction of sp³-hybridized carbons (Fsp3) is 0.0870. The summed E-state index contributed by atoms with van der Waals surface area (Å²) in [5.41, 5.74) is 4.18. The van der Waals surface area contributed by atoms with Gasteiger partial charge in [0, 0.05) is 30.7 Å². The van der Waals surface area contributed by atoms with Gasteiger partial charge in [-0.2, -0.15) is 0 Å². The van der Waals surface area contributed by atoms with E-state index in [9.17, 15) is 9.59 Å². The van der Waals surface area contributed by atoms with Crippen molar-refractivity contribution in [3.8, 4) is 0 Å². The van der Waals surface area contributed by atoms with Crippen LogP contribution in [0.5, 0.6) is 0 Å². The molecule has 140 valence electrons. The van der Waals surface area contributed by atoms with E-state index in [1.807, 2.05) is 55.5 Å². The normalized spacial score (nSPS) is 10.6. The Hall–Kier alpha value is -3.73. The number of aryl methyl sites for hydroxylation is 1. The molecule has 2 aromatic carbocycles. The van der Waals surface area contributed by atoms with Gasteiger partial charge in [-0.15, -0.1) is 0 Å². The zero-order valence-corrected chi connectivity index (χ0v) is 15.6. The minimum absolute atomic E-state index is 0.191. The molecule has 0 spiro atoms. The van der Waals surface area contributed by atoms with E-state index < -0.39 is 0 Å². The topological polar surface area (TPSA) is 71.1 Å². The first-order valence-corrected chi connectivity index (χ1v) is 8.94. The third-order valence-electron chi connectivity index (χ3n) is 4.17. The van der Waals surface area contributed by atoms with Crippen LogP contribution in [0.1, 0.15) is 27.0 Å². The van der Waals surface area contributed by atoms with Gasteiger partial charge in [0.15, 0.2) is 0 Å². The molecule has 0 aliphatic carbocycles. The summed E-state index contributed by atoms with van der Waals surface area (Å²) in [6.45, 7) is 2.36. The zero-order valence-electron chi connectivity index (χ0n) is 15.6. The smallest absolute Gasteiger partial charge is 0.253 e. The molecule has 0 aliphatic heterocycles. The lowest BCUT2D eigenvalue weighted by atomic mass is 10.1. The summed E-state index contributed by atoms with van der Waals surface area (Å²) < 4.78 is 0. The number of nitrogens with zero attached hydrogens (tertiary/aromatic N) is 1. The number of pyridine rings is 1. The van der Waals surface area contributed by atoms with E-state index in [0.717, 1.165) is 16.7 Å². The second kappa shape index (κ2) is 9.28. The van der Waals surface area contributed by atoms with Gasteiger partial charge in [0.25, 0.3) is 5.91 Å². The quantitative estimate of drug-likeness (QED) is 0.644. The Kier molecular flexibility index (Phi) is 6.31. The van der Waals surface area contributed by atoms with Crippen molar-refractivity contribution < 1.29 is 9.59 Å². The Bertz CT molecular complexity index is 997. The van der Waals surface area contributed by atoms with Gasteiger partial charge in [-0.05, 0) is 54.0 Å². The molecular formula is C23H21N3O2. The molecule has 1 heterocycles. The second-order valence-corrected chi connectivity index (χ2v) is 6.30. The Balaban J connectivity index is 1.58. The van der Waals surface area contributed by atoms with Crippen LogP contribution in [-0.2, 0) is 11.3 Å². The zero-order chi connectivity index (χ0) is 19.8. The summed E-state index contributed by atoms with van der Waals surface area (Å²) in [4.78, 5) is 28.2. The Morgan fingerprint density at radius 2 is 1.89 bits per heavy atom. The maximum Gasteiger partial charge on any atom is 0.253 e. The molecule has 28 heavy (non-hydrogen) atoms. The molecular weight excluding hydrogens is 350 g/mol. The SMILES string of the molecule is Cc1ccccc1/C=C/C(=O)Nc1cccc(CNC(=O)c2cccnc2)c1. The number of benzene rings is 2. The van der Waals surface area contributed by atoms with Gasteiger partial charge in [0.1, 0.15) is 0 Å². The molecule has 0 atom stereocenters. The summed E-state index contributed by atoms with van der Waals surface area (Å²) >= 11 is 0. The van der Waals surface area contributed by atoms with Crippen LogP contribution in [0.4, 0.5) is 5.69 Å². The maximum atomic E-state index is 12.2. The number of aromatic nitrogens is 1. The third-order valence-corrected chi connectivity index (χ3v) is 4.17. The molecule has 3 rings (SSSR count). The number of hydrogen-bond acceptors (Lipinski definition) is 3. The summed E-state index contributed by atoms with van der Waals surface area (Å²) in [6, 6.07) is 18.7. The number of nitrogens with one attached hydrogen (secondary N) is 2. The van der Waals surface area contributed by atoms with Crippen LogP contribution in [0, 0.1) is 6.92 Å². The molecule has 5 heteroatoms. The number of anilines is 1. The monoisotopic (exact) mass is 371 g/mol. The highest BCUT2D eigenvalue weighted by Gasteiger charge is 2.05. The van der Waals surface area contributed by atoms with Gasteiger partial charge >= 0.3 is 0 Å². The molecule has 0 radical (unpaired) electrons. The Labute approximate surface area is 164 Å². The number of hydrogen-bond donors (Lipinski definition) is 2. The highest BCUT2D eigenvalue weighted by Crippen LogP contribution is 2.12. The maximum absolute atomic E-state index is 12.2.